The van der Waals surface area contributed by atoms with E-state index in [0.29, 0.717) is 11.7 Å². The van der Waals surface area contributed by atoms with Crippen LogP contribution in [0, 0.1) is 20.8 Å². The van der Waals surface area contributed by atoms with Gasteiger partial charge in [0, 0.05) is 37.4 Å². The molecule has 2 N–H and O–H groups in total. The van der Waals surface area contributed by atoms with E-state index in [1.807, 2.05) is 12.3 Å². The van der Waals surface area contributed by atoms with Crippen molar-refractivity contribution in [2.24, 2.45) is 5.73 Å². The van der Waals surface area contributed by atoms with Crippen LogP contribution in [0.25, 0.3) is 0 Å². The van der Waals surface area contributed by atoms with E-state index >= 15 is 0 Å². The summed E-state index contributed by atoms with van der Waals surface area (Å²) in [4.78, 5) is 25.6. The third-order valence-electron chi connectivity index (χ3n) is 7.27. The fourth-order valence-electron chi connectivity index (χ4n) is 5.02. The maximum absolute atomic E-state index is 11.4. The molecule has 1 aromatic heterocycles. The lowest BCUT2D eigenvalue weighted by molar-refractivity contribution is -0.119. The van der Waals surface area contributed by atoms with Crippen LogP contribution in [0.2, 0.25) is 0 Å². The van der Waals surface area contributed by atoms with Crippen molar-refractivity contribution in [3.8, 4) is 5.75 Å². The molecule has 0 radical (unpaired) electrons. The molecule has 1 aliphatic heterocycles. The zero-order chi connectivity index (χ0) is 26.7. The van der Waals surface area contributed by atoms with Crippen molar-refractivity contribution in [3.05, 3.63) is 82.3 Å². The first-order valence-corrected chi connectivity index (χ1v) is 13.1. The third-order valence-corrected chi connectivity index (χ3v) is 7.27. The molecule has 2 aromatic carbocycles. The number of aromatic nitrogens is 2. The minimum atomic E-state index is -0.448. The van der Waals surface area contributed by atoms with E-state index < -0.39 is 6.10 Å². The quantitative estimate of drug-likeness (QED) is 0.482. The number of benzene rings is 2. The number of piperazine rings is 1. The normalized spacial score (nSPS) is 17.2. The van der Waals surface area contributed by atoms with Gasteiger partial charge in [-0.2, -0.15) is 0 Å². The Morgan fingerprint density at radius 1 is 1.08 bits per heavy atom. The van der Waals surface area contributed by atoms with Gasteiger partial charge in [-0.1, -0.05) is 44.2 Å². The van der Waals surface area contributed by atoms with Crippen LogP contribution in [0.1, 0.15) is 66.4 Å². The monoisotopic (exact) mass is 501 g/mol. The molecule has 1 aliphatic rings. The SMILES string of the molecule is Cc1ccc(C(C)C)cc1O[C@@H](c1nccc(N2CCN(CC(N)=O)[C@H](C)C2)n1)c1c(C)cccc1C. The Balaban J connectivity index is 1.70. The summed E-state index contributed by atoms with van der Waals surface area (Å²) < 4.78 is 6.79. The Hall–Kier alpha value is -3.45. The van der Waals surface area contributed by atoms with Crippen molar-refractivity contribution in [2.75, 3.05) is 31.1 Å². The Morgan fingerprint density at radius 3 is 2.46 bits per heavy atom. The average molecular weight is 502 g/mol. The molecule has 196 valence electrons. The van der Waals surface area contributed by atoms with E-state index in [2.05, 4.69) is 87.7 Å². The van der Waals surface area contributed by atoms with E-state index in [1.165, 1.54) is 5.56 Å². The number of hydrogen-bond donors (Lipinski definition) is 1. The summed E-state index contributed by atoms with van der Waals surface area (Å²) in [5.41, 5.74) is 11.1. The molecular formula is C30H39N5O2. The molecule has 0 bridgehead atoms. The summed E-state index contributed by atoms with van der Waals surface area (Å²) in [7, 11) is 0. The lowest BCUT2D eigenvalue weighted by atomic mass is 9.96. The van der Waals surface area contributed by atoms with Crippen LogP contribution in [-0.4, -0.2) is 53.0 Å². The van der Waals surface area contributed by atoms with Crippen molar-refractivity contribution in [3.63, 3.8) is 0 Å². The highest BCUT2D eigenvalue weighted by Crippen LogP contribution is 2.34. The number of ether oxygens (including phenoxy) is 1. The number of hydrogen-bond acceptors (Lipinski definition) is 6. The molecule has 0 aliphatic carbocycles. The van der Waals surface area contributed by atoms with Gasteiger partial charge >= 0.3 is 0 Å². The Morgan fingerprint density at radius 2 is 1.81 bits per heavy atom. The highest BCUT2D eigenvalue weighted by atomic mass is 16.5. The summed E-state index contributed by atoms with van der Waals surface area (Å²) in [6.45, 7) is 15.3. The molecule has 1 fully saturated rings. The number of carbonyl (C=O) groups is 1. The number of aryl methyl sites for hydroxylation is 3. The zero-order valence-corrected chi connectivity index (χ0v) is 22.9. The first-order valence-electron chi connectivity index (χ1n) is 13.1. The first-order chi connectivity index (χ1) is 17.6. The fraction of sp³-hybridized carbons (Fsp3) is 0.433. The highest BCUT2D eigenvalue weighted by Gasteiger charge is 2.28. The van der Waals surface area contributed by atoms with Crippen molar-refractivity contribution >= 4 is 11.7 Å². The van der Waals surface area contributed by atoms with Crippen LogP contribution >= 0.6 is 0 Å². The molecule has 7 heteroatoms. The van der Waals surface area contributed by atoms with Crippen molar-refractivity contribution in [1.82, 2.24) is 14.9 Å². The molecule has 1 amide bonds. The van der Waals surface area contributed by atoms with Gasteiger partial charge in [-0.15, -0.1) is 0 Å². The van der Waals surface area contributed by atoms with E-state index in [1.54, 1.807) is 0 Å². The average Bonchev–Trinajstić information content (AvgIpc) is 2.85. The van der Waals surface area contributed by atoms with Gasteiger partial charge in [0.1, 0.15) is 11.6 Å². The summed E-state index contributed by atoms with van der Waals surface area (Å²) >= 11 is 0. The van der Waals surface area contributed by atoms with E-state index in [0.717, 1.165) is 53.5 Å². The van der Waals surface area contributed by atoms with E-state index in [9.17, 15) is 4.79 Å². The summed E-state index contributed by atoms with van der Waals surface area (Å²) in [6.07, 6.45) is 1.37. The minimum absolute atomic E-state index is 0.187. The number of anilines is 1. The third kappa shape index (κ3) is 6.10. The van der Waals surface area contributed by atoms with Crippen molar-refractivity contribution < 1.29 is 9.53 Å². The number of carbonyl (C=O) groups excluding carboxylic acids is 1. The van der Waals surface area contributed by atoms with Crippen LogP contribution in [0.15, 0.2) is 48.7 Å². The minimum Gasteiger partial charge on any atom is -0.477 e. The van der Waals surface area contributed by atoms with Crippen LogP contribution < -0.4 is 15.4 Å². The Kier molecular flexibility index (Phi) is 8.13. The molecule has 2 atom stereocenters. The number of rotatable bonds is 8. The molecule has 0 saturated carbocycles. The van der Waals surface area contributed by atoms with Crippen LogP contribution in [0.4, 0.5) is 5.82 Å². The van der Waals surface area contributed by atoms with Crippen molar-refractivity contribution in [2.45, 2.75) is 59.6 Å². The summed E-state index contributed by atoms with van der Waals surface area (Å²) in [5, 5.41) is 0. The second-order valence-corrected chi connectivity index (χ2v) is 10.5. The zero-order valence-electron chi connectivity index (χ0n) is 22.9. The number of nitrogens with zero attached hydrogens (tertiary/aromatic N) is 4. The topological polar surface area (TPSA) is 84.6 Å². The van der Waals surface area contributed by atoms with E-state index in [-0.39, 0.29) is 18.5 Å². The second-order valence-electron chi connectivity index (χ2n) is 10.5. The predicted octanol–water partition coefficient (Wildman–Crippen LogP) is 4.69. The summed E-state index contributed by atoms with van der Waals surface area (Å²) in [5.74, 6) is 2.45. The second kappa shape index (κ2) is 11.3. The van der Waals surface area contributed by atoms with Gasteiger partial charge in [-0.3, -0.25) is 9.69 Å². The molecular weight excluding hydrogens is 462 g/mol. The van der Waals surface area contributed by atoms with E-state index in [4.69, 9.17) is 20.4 Å². The molecule has 1 saturated heterocycles. The largest absolute Gasteiger partial charge is 0.477 e. The van der Waals surface area contributed by atoms with Crippen LogP contribution in [0.3, 0.4) is 0 Å². The Bertz CT molecular complexity index is 1240. The number of amides is 1. The van der Waals surface area contributed by atoms with Gasteiger partial charge in [0.2, 0.25) is 5.91 Å². The van der Waals surface area contributed by atoms with Crippen molar-refractivity contribution in [1.29, 1.82) is 0 Å². The molecule has 3 aromatic rings. The van der Waals surface area contributed by atoms with Gasteiger partial charge in [-0.25, -0.2) is 9.97 Å². The van der Waals surface area contributed by atoms with Gasteiger partial charge in [0.25, 0.3) is 0 Å². The lowest BCUT2D eigenvalue weighted by Gasteiger charge is -2.39. The maximum Gasteiger partial charge on any atom is 0.231 e. The van der Waals surface area contributed by atoms with Crippen LogP contribution in [-0.2, 0) is 4.79 Å². The molecule has 4 rings (SSSR count). The van der Waals surface area contributed by atoms with Gasteiger partial charge in [0.05, 0.1) is 6.54 Å². The van der Waals surface area contributed by atoms with Gasteiger partial charge < -0.3 is 15.4 Å². The molecule has 0 spiro atoms. The Labute approximate surface area is 220 Å². The number of nitrogens with two attached hydrogens (primary N) is 1. The molecule has 37 heavy (non-hydrogen) atoms. The van der Waals surface area contributed by atoms with Gasteiger partial charge in [-0.05, 0) is 68.0 Å². The highest BCUT2D eigenvalue weighted by molar-refractivity contribution is 5.76. The smallest absolute Gasteiger partial charge is 0.231 e. The molecule has 7 nitrogen and oxygen atoms in total. The first kappa shape index (κ1) is 26.6. The standard InChI is InChI=1S/C30H39N5O2/c1-19(2)24-11-10-20(3)25(16-24)37-29(28-21(4)8-7-9-22(28)5)30-32-13-12-27(33-30)35-15-14-34(18-26(31)36)23(6)17-35/h7-13,16,19,23,29H,14-15,17-18H2,1-6H3,(H2,31,36)/t23-,29-/m1/s1. The van der Waals surface area contributed by atoms with Crippen LogP contribution in [0.5, 0.6) is 5.75 Å². The lowest BCUT2D eigenvalue weighted by Crippen LogP contribution is -2.54. The molecule has 2 heterocycles. The summed E-state index contributed by atoms with van der Waals surface area (Å²) in [6, 6.07) is 14.9. The van der Waals surface area contributed by atoms with Gasteiger partial charge in [0.15, 0.2) is 11.9 Å². The molecule has 0 unspecified atom stereocenters. The number of primary amides is 1. The fourth-order valence-corrected chi connectivity index (χ4v) is 5.02. The maximum atomic E-state index is 11.4. The predicted molar refractivity (Wildman–Crippen MR) is 148 cm³/mol.